The summed E-state index contributed by atoms with van der Waals surface area (Å²) in [6.45, 7) is 21.6. The van der Waals surface area contributed by atoms with Gasteiger partial charge in [-0.2, -0.15) is 0 Å². The highest BCUT2D eigenvalue weighted by Gasteiger charge is 2.76. The van der Waals surface area contributed by atoms with E-state index in [0.717, 1.165) is 19.3 Å². The van der Waals surface area contributed by atoms with Gasteiger partial charge in [-0.05, 0) is 63.7 Å². The lowest BCUT2D eigenvalue weighted by Crippen LogP contribution is -2.61. The topological polar surface area (TPSA) is 87.2 Å². The van der Waals surface area contributed by atoms with E-state index >= 15 is 0 Å². The van der Waals surface area contributed by atoms with Gasteiger partial charge in [-0.25, -0.2) is 0 Å². The van der Waals surface area contributed by atoms with E-state index in [9.17, 15) is 19.5 Å². The molecule has 2 bridgehead atoms. The van der Waals surface area contributed by atoms with E-state index in [0.29, 0.717) is 39.0 Å². The number of unbranched alkanes of at least 4 members (excludes halogenated alkanes) is 2. The van der Waals surface area contributed by atoms with Crippen molar-refractivity contribution >= 4 is 29.5 Å². The van der Waals surface area contributed by atoms with Crippen LogP contribution in [0.2, 0.25) is 0 Å². The largest absolute Gasteiger partial charge is 0.465 e. The van der Waals surface area contributed by atoms with Crippen LogP contribution < -0.4 is 0 Å². The van der Waals surface area contributed by atoms with E-state index in [1.807, 2.05) is 4.90 Å². The van der Waals surface area contributed by atoms with Gasteiger partial charge < -0.3 is 19.6 Å². The van der Waals surface area contributed by atoms with Crippen molar-refractivity contribution in [1.82, 2.24) is 9.80 Å². The van der Waals surface area contributed by atoms with E-state index < -0.39 is 28.2 Å². The van der Waals surface area contributed by atoms with Crippen molar-refractivity contribution < 1.29 is 24.2 Å². The normalized spacial score (nSPS) is 29.9. The standard InChI is InChI=1S/C31H50N2O5S/c1-9-11-14-18-38-28(37)23-22-19-21(3)31(39-22)24(23)26(35)32(16-12-13-17-34)25(31)27(36)33(15-10-2)30(7,8)20-29(4,5)6/h9-10,21-25,34H,1-2,11-20H2,3-8H3/t21?,22-,23+,24-,25?,31?/m0/s1. The molecule has 0 aromatic carbocycles. The quantitative estimate of drug-likeness (QED) is 0.185. The molecule has 0 saturated carbocycles. The van der Waals surface area contributed by atoms with Gasteiger partial charge in [0.05, 0.1) is 23.2 Å². The average Bonchev–Trinajstić information content (AvgIpc) is 3.42. The molecule has 1 spiro atoms. The van der Waals surface area contributed by atoms with E-state index in [2.05, 4.69) is 54.7 Å². The van der Waals surface area contributed by atoms with Gasteiger partial charge in [0.15, 0.2) is 0 Å². The summed E-state index contributed by atoms with van der Waals surface area (Å²) in [4.78, 5) is 46.0. The number of esters is 1. The summed E-state index contributed by atoms with van der Waals surface area (Å²) >= 11 is 1.68. The molecule has 39 heavy (non-hydrogen) atoms. The molecule has 0 radical (unpaired) electrons. The van der Waals surface area contributed by atoms with Crippen LogP contribution in [0.3, 0.4) is 0 Å². The lowest BCUT2D eigenvalue weighted by atomic mass is 9.66. The van der Waals surface area contributed by atoms with Crippen LogP contribution in [0.5, 0.6) is 0 Å². The van der Waals surface area contributed by atoms with Crippen LogP contribution in [-0.4, -0.2) is 80.6 Å². The minimum absolute atomic E-state index is 0.00929. The van der Waals surface area contributed by atoms with Crippen LogP contribution >= 0.6 is 11.8 Å². The number of aliphatic hydroxyl groups is 1. The van der Waals surface area contributed by atoms with Gasteiger partial charge in [0.1, 0.15) is 6.04 Å². The summed E-state index contributed by atoms with van der Waals surface area (Å²) in [7, 11) is 0. The summed E-state index contributed by atoms with van der Waals surface area (Å²) in [5, 5.41) is 9.40. The maximum atomic E-state index is 14.7. The second-order valence-electron chi connectivity index (χ2n) is 13.4. The van der Waals surface area contributed by atoms with Crippen LogP contribution in [0.15, 0.2) is 25.3 Å². The fourth-order valence-corrected chi connectivity index (χ4v) is 9.91. The Balaban J connectivity index is 2.03. The zero-order valence-electron chi connectivity index (χ0n) is 24.9. The lowest BCUT2D eigenvalue weighted by molar-refractivity contribution is -0.154. The van der Waals surface area contributed by atoms with Gasteiger partial charge in [0.25, 0.3) is 0 Å². The average molecular weight is 563 g/mol. The first-order valence-electron chi connectivity index (χ1n) is 14.6. The molecule has 3 fully saturated rings. The number of nitrogens with zero attached hydrogens (tertiary/aromatic N) is 2. The second kappa shape index (κ2) is 12.4. The predicted molar refractivity (Wildman–Crippen MR) is 157 cm³/mol. The Morgan fingerprint density at radius 1 is 1.18 bits per heavy atom. The van der Waals surface area contributed by atoms with Crippen LogP contribution in [0, 0.1) is 23.2 Å². The highest BCUT2D eigenvalue weighted by atomic mass is 32.2. The molecular weight excluding hydrogens is 512 g/mol. The molecule has 3 aliphatic heterocycles. The number of fused-ring (bicyclic) bond motifs is 1. The number of allylic oxidation sites excluding steroid dienone is 1. The van der Waals surface area contributed by atoms with Crippen LogP contribution in [0.25, 0.3) is 0 Å². The Morgan fingerprint density at radius 2 is 1.87 bits per heavy atom. The van der Waals surface area contributed by atoms with Crippen LogP contribution in [0.1, 0.15) is 80.1 Å². The number of thioether (sulfide) groups is 1. The Bertz CT molecular complexity index is 944. The maximum Gasteiger partial charge on any atom is 0.310 e. The van der Waals surface area contributed by atoms with Crippen molar-refractivity contribution in [2.75, 3.05) is 26.3 Å². The van der Waals surface area contributed by atoms with E-state index in [-0.39, 0.29) is 41.0 Å². The fraction of sp³-hybridized carbons (Fsp3) is 0.774. The van der Waals surface area contributed by atoms with Gasteiger partial charge in [0, 0.05) is 30.5 Å². The third-order valence-corrected chi connectivity index (χ3v) is 10.7. The molecular formula is C31H50N2O5S. The molecule has 3 unspecified atom stereocenters. The molecule has 0 aromatic heterocycles. The first-order valence-corrected chi connectivity index (χ1v) is 15.4. The minimum Gasteiger partial charge on any atom is -0.465 e. The SMILES string of the molecule is C=CCCCOC(=O)[C@@H]1[C@@H]2CC(C)C3(S2)C(C(=O)N(CC=C)C(C)(C)CC(C)(C)C)N(CCCCO)C(=O)[C@H]13. The number of carbonyl (C=O) groups is 3. The van der Waals surface area contributed by atoms with Crippen molar-refractivity contribution in [1.29, 1.82) is 0 Å². The monoisotopic (exact) mass is 562 g/mol. The predicted octanol–water partition coefficient (Wildman–Crippen LogP) is 4.83. The van der Waals surface area contributed by atoms with E-state index in [4.69, 9.17) is 4.74 Å². The number of hydrogen-bond acceptors (Lipinski definition) is 6. The smallest absolute Gasteiger partial charge is 0.310 e. The highest BCUT2D eigenvalue weighted by molar-refractivity contribution is 8.02. The first-order chi connectivity index (χ1) is 18.3. The number of carbonyl (C=O) groups excluding carboxylic acids is 3. The molecule has 6 atom stereocenters. The third-order valence-electron chi connectivity index (χ3n) is 8.63. The zero-order valence-corrected chi connectivity index (χ0v) is 25.7. The van der Waals surface area contributed by atoms with E-state index in [1.54, 1.807) is 28.8 Å². The summed E-state index contributed by atoms with van der Waals surface area (Å²) in [6, 6.07) is -0.670. The van der Waals surface area contributed by atoms with Gasteiger partial charge in [-0.15, -0.1) is 24.9 Å². The summed E-state index contributed by atoms with van der Waals surface area (Å²) in [5.41, 5.74) is -0.475. The molecule has 3 heterocycles. The van der Waals surface area contributed by atoms with Gasteiger partial charge >= 0.3 is 5.97 Å². The molecule has 0 aromatic rings. The number of hydrogen-bond donors (Lipinski definition) is 1. The number of ether oxygens (including phenoxy) is 1. The Hall–Kier alpha value is -1.80. The molecule has 8 heteroatoms. The van der Waals surface area contributed by atoms with Crippen molar-refractivity contribution in [2.24, 2.45) is 23.2 Å². The molecule has 220 valence electrons. The van der Waals surface area contributed by atoms with Crippen LogP contribution in [0.4, 0.5) is 0 Å². The molecule has 7 nitrogen and oxygen atoms in total. The first kappa shape index (κ1) is 31.7. The molecule has 3 saturated heterocycles. The van der Waals surface area contributed by atoms with Gasteiger partial charge in [-0.1, -0.05) is 39.8 Å². The fourth-order valence-electron chi connectivity index (χ4n) is 7.50. The summed E-state index contributed by atoms with van der Waals surface area (Å²) < 4.78 is 5.00. The van der Waals surface area contributed by atoms with Crippen molar-refractivity contribution in [2.45, 2.75) is 102 Å². The van der Waals surface area contributed by atoms with Crippen molar-refractivity contribution in [3.63, 3.8) is 0 Å². The lowest BCUT2D eigenvalue weighted by Gasteiger charge is -2.46. The molecule has 3 rings (SSSR count). The third kappa shape index (κ3) is 6.12. The molecule has 2 amide bonds. The Labute approximate surface area is 239 Å². The number of aliphatic hydroxyl groups excluding tert-OH is 1. The van der Waals surface area contributed by atoms with Crippen LogP contribution in [-0.2, 0) is 19.1 Å². The number of amides is 2. The Kier molecular flexibility index (Phi) is 10.1. The van der Waals surface area contributed by atoms with Gasteiger partial charge in [0.2, 0.25) is 11.8 Å². The summed E-state index contributed by atoms with van der Waals surface area (Å²) in [6.07, 6.45) is 7.74. The maximum absolute atomic E-state index is 14.7. The minimum atomic E-state index is -0.680. The highest BCUT2D eigenvalue weighted by Crippen LogP contribution is 2.69. The van der Waals surface area contributed by atoms with Gasteiger partial charge in [-0.3, -0.25) is 14.4 Å². The number of likely N-dealkylation sites (tertiary alicyclic amines) is 1. The number of rotatable bonds is 14. The molecule has 0 aliphatic carbocycles. The molecule has 1 N–H and O–H groups in total. The summed E-state index contributed by atoms with van der Waals surface area (Å²) in [5.74, 6) is -1.53. The Morgan fingerprint density at radius 3 is 2.46 bits per heavy atom. The molecule has 3 aliphatic rings. The van der Waals surface area contributed by atoms with Crippen molar-refractivity contribution in [3.8, 4) is 0 Å². The zero-order chi connectivity index (χ0) is 29.2. The van der Waals surface area contributed by atoms with Crippen molar-refractivity contribution in [3.05, 3.63) is 25.3 Å². The van der Waals surface area contributed by atoms with E-state index in [1.165, 1.54) is 0 Å². The second-order valence-corrected chi connectivity index (χ2v) is 14.9.